The third-order valence-electron chi connectivity index (χ3n) is 5.33. The highest BCUT2D eigenvalue weighted by atomic mass is 16.7. The first-order valence-corrected chi connectivity index (χ1v) is 10.4. The van der Waals surface area contributed by atoms with Crippen LogP contribution >= 0.6 is 0 Å². The van der Waals surface area contributed by atoms with Crippen molar-refractivity contribution in [2.45, 2.75) is 20.1 Å². The van der Waals surface area contributed by atoms with Gasteiger partial charge in [-0.2, -0.15) is 0 Å². The Balaban J connectivity index is 1.18. The summed E-state index contributed by atoms with van der Waals surface area (Å²) in [5.74, 6) is 1.03. The van der Waals surface area contributed by atoms with E-state index in [4.69, 9.17) is 14.0 Å². The Kier molecular flexibility index (Phi) is 5.46. The molecule has 7 heteroatoms. The first-order chi connectivity index (χ1) is 16.1. The molecular weight excluding hydrogens is 420 g/mol. The molecule has 2 amide bonds. The molecule has 0 aliphatic carbocycles. The van der Waals surface area contributed by atoms with Gasteiger partial charge in [-0.25, -0.2) is 4.98 Å². The molecule has 0 saturated carbocycles. The van der Waals surface area contributed by atoms with Gasteiger partial charge in [-0.15, -0.1) is 5.06 Å². The van der Waals surface area contributed by atoms with Crippen LogP contribution in [0.15, 0.2) is 83.3 Å². The second kappa shape index (κ2) is 8.72. The van der Waals surface area contributed by atoms with E-state index in [0.717, 1.165) is 21.9 Å². The molecule has 0 radical (unpaired) electrons. The summed E-state index contributed by atoms with van der Waals surface area (Å²) in [6.07, 6.45) is 0. The maximum absolute atomic E-state index is 12.4. The van der Waals surface area contributed by atoms with Crippen molar-refractivity contribution in [2.24, 2.45) is 0 Å². The van der Waals surface area contributed by atoms with Crippen LogP contribution in [-0.4, -0.2) is 21.9 Å². The van der Waals surface area contributed by atoms with Gasteiger partial charge in [0.25, 0.3) is 11.8 Å². The van der Waals surface area contributed by atoms with E-state index in [0.29, 0.717) is 28.5 Å². The van der Waals surface area contributed by atoms with Crippen molar-refractivity contribution in [2.75, 3.05) is 0 Å². The van der Waals surface area contributed by atoms with E-state index >= 15 is 0 Å². The highest BCUT2D eigenvalue weighted by Gasteiger charge is 2.36. The van der Waals surface area contributed by atoms with Crippen molar-refractivity contribution < 1.29 is 23.6 Å². The van der Waals surface area contributed by atoms with Crippen LogP contribution in [0, 0.1) is 6.92 Å². The molecule has 0 spiro atoms. The molecule has 0 unspecified atom stereocenters. The molecule has 0 bridgehead atoms. The number of carbonyl (C=O) groups excluding carboxylic acids is 2. The zero-order valence-electron chi connectivity index (χ0n) is 17.9. The summed E-state index contributed by atoms with van der Waals surface area (Å²) >= 11 is 0. The molecule has 33 heavy (non-hydrogen) atoms. The van der Waals surface area contributed by atoms with Crippen LogP contribution in [0.25, 0.3) is 11.5 Å². The van der Waals surface area contributed by atoms with Crippen LogP contribution in [0.4, 0.5) is 0 Å². The number of benzene rings is 3. The number of hydrogen-bond donors (Lipinski definition) is 0. The lowest BCUT2D eigenvalue weighted by Gasteiger charge is -2.13. The van der Waals surface area contributed by atoms with E-state index in [-0.39, 0.29) is 13.2 Å². The maximum atomic E-state index is 12.4. The zero-order valence-corrected chi connectivity index (χ0v) is 17.9. The highest BCUT2D eigenvalue weighted by Crippen LogP contribution is 2.25. The predicted molar refractivity (Wildman–Crippen MR) is 119 cm³/mol. The summed E-state index contributed by atoms with van der Waals surface area (Å²) in [6, 6.07) is 23.6. The molecule has 1 aliphatic rings. The summed E-state index contributed by atoms with van der Waals surface area (Å²) in [5, 5.41) is 0.812. The number of amides is 2. The number of carbonyl (C=O) groups is 2. The van der Waals surface area contributed by atoms with Gasteiger partial charge in [-0.3, -0.25) is 14.4 Å². The summed E-state index contributed by atoms with van der Waals surface area (Å²) in [7, 11) is 0. The third kappa shape index (κ3) is 4.14. The monoisotopic (exact) mass is 440 g/mol. The average molecular weight is 440 g/mol. The third-order valence-corrected chi connectivity index (χ3v) is 5.33. The first kappa shape index (κ1) is 20.7. The van der Waals surface area contributed by atoms with Crippen molar-refractivity contribution in [3.63, 3.8) is 0 Å². The van der Waals surface area contributed by atoms with Crippen molar-refractivity contribution in [1.82, 2.24) is 10.0 Å². The summed E-state index contributed by atoms with van der Waals surface area (Å²) in [4.78, 5) is 34.8. The Bertz CT molecular complexity index is 1280. The minimum Gasteiger partial charge on any atom is -0.487 e. The van der Waals surface area contributed by atoms with Gasteiger partial charge in [0.15, 0.2) is 0 Å². The largest absolute Gasteiger partial charge is 0.487 e. The van der Waals surface area contributed by atoms with Gasteiger partial charge in [0.1, 0.15) is 30.4 Å². The first-order valence-electron chi connectivity index (χ1n) is 10.4. The topological polar surface area (TPSA) is 81.9 Å². The van der Waals surface area contributed by atoms with Crippen LogP contribution in [0.2, 0.25) is 0 Å². The second-order valence-corrected chi connectivity index (χ2v) is 7.54. The predicted octanol–water partition coefficient (Wildman–Crippen LogP) is 4.96. The number of hydroxylamine groups is 2. The molecule has 3 aromatic carbocycles. The number of hydrogen-bond acceptors (Lipinski definition) is 6. The van der Waals surface area contributed by atoms with Crippen molar-refractivity contribution in [3.8, 4) is 17.2 Å². The molecule has 2 heterocycles. The van der Waals surface area contributed by atoms with Crippen LogP contribution < -0.4 is 4.74 Å². The van der Waals surface area contributed by atoms with E-state index in [1.54, 1.807) is 36.4 Å². The van der Waals surface area contributed by atoms with E-state index in [1.807, 2.05) is 49.4 Å². The van der Waals surface area contributed by atoms with E-state index in [2.05, 4.69) is 4.98 Å². The lowest BCUT2D eigenvalue weighted by Crippen LogP contribution is -2.29. The van der Waals surface area contributed by atoms with Gasteiger partial charge in [0, 0.05) is 5.56 Å². The molecule has 0 fully saturated rings. The van der Waals surface area contributed by atoms with Crippen LogP contribution in [-0.2, 0) is 18.1 Å². The number of fused-ring (bicyclic) bond motifs is 1. The molecule has 1 aromatic heterocycles. The van der Waals surface area contributed by atoms with Crippen molar-refractivity contribution >= 4 is 11.8 Å². The van der Waals surface area contributed by atoms with E-state index in [1.165, 1.54) is 0 Å². The van der Waals surface area contributed by atoms with Crippen molar-refractivity contribution in [1.29, 1.82) is 0 Å². The van der Waals surface area contributed by atoms with E-state index < -0.39 is 11.8 Å². The van der Waals surface area contributed by atoms with Gasteiger partial charge in [0.2, 0.25) is 5.89 Å². The fraction of sp³-hybridized carbons (Fsp3) is 0.115. The van der Waals surface area contributed by atoms with Crippen LogP contribution in [0.3, 0.4) is 0 Å². The molecule has 7 nitrogen and oxygen atoms in total. The standard InChI is InChI=1S/C26H20N2O5/c1-17-23(27-24(33-17)19-7-3-2-4-8-19)16-31-20-13-11-18(12-14-20)15-32-28-25(29)21-9-5-6-10-22(21)26(28)30/h2-14H,15-16H2,1H3. The molecule has 0 saturated heterocycles. The quantitative estimate of drug-likeness (QED) is 0.378. The fourth-order valence-corrected chi connectivity index (χ4v) is 3.52. The normalized spacial score (nSPS) is 12.8. The lowest BCUT2D eigenvalue weighted by atomic mass is 10.1. The van der Waals surface area contributed by atoms with Gasteiger partial charge >= 0.3 is 0 Å². The maximum Gasteiger partial charge on any atom is 0.285 e. The number of imide groups is 1. The summed E-state index contributed by atoms with van der Waals surface area (Å²) in [5.41, 5.74) is 3.14. The van der Waals surface area contributed by atoms with Crippen molar-refractivity contribution in [3.05, 3.63) is 107 Å². The Hall–Kier alpha value is -4.23. The lowest BCUT2D eigenvalue weighted by molar-refractivity contribution is -0.101. The Morgan fingerprint density at radius 2 is 1.45 bits per heavy atom. The SMILES string of the molecule is Cc1oc(-c2ccccc2)nc1COc1ccc(CON2C(=O)c3ccccc3C2=O)cc1. The molecule has 0 atom stereocenters. The number of oxazole rings is 1. The minimum absolute atomic E-state index is 0.0780. The number of nitrogens with zero attached hydrogens (tertiary/aromatic N) is 2. The number of ether oxygens (including phenoxy) is 1. The molecule has 5 rings (SSSR count). The summed E-state index contributed by atoms with van der Waals surface area (Å²) < 4.78 is 11.6. The Labute approximate surface area is 190 Å². The molecule has 0 N–H and O–H groups in total. The molecule has 164 valence electrons. The smallest absolute Gasteiger partial charge is 0.285 e. The average Bonchev–Trinajstić information content (AvgIpc) is 3.35. The molecule has 4 aromatic rings. The Morgan fingerprint density at radius 3 is 2.12 bits per heavy atom. The van der Waals surface area contributed by atoms with Crippen LogP contribution in [0.1, 0.15) is 37.7 Å². The molecule has 1 aliphatic heterocycles. The van der Waals surface area contributed by atoms with Gasteiger partial charge < -0.3 is 9.15 Å². The van der Waals surface area contributed by atoms with Crippen LogP contribution in [0.5, 0.6) is 5.75 Å². The van der Waals surface area contributed by atoms with Gasteiger partial charge in [-0.05, 0) is 48.9 Å². The highest BCUT2D eigenvalue weighted by molar-refractivity contribution is 6.20. The van der Waals surface area contributed by atoms with Gasteiger partial charge in [0.05, 0.1) is 11.1 Å². The molecular formula is C26H20N2O5. The number of rotatable bonds is 7. The Morgan fingerprint density at radius 1 is 0.818 bits per heavy atom. The number of aromatic nitrogens is 1. The van der Waals surface area contributed by atoms with E-state index in [9.17, 15) is 9.59 Å². The minimum atomic E-state index is -0.451. The zero-order chi connectivity index (χ0) is 22.8. The number of aryl methyl sites for hydroxylation is 1. The van der Waals surface area contributed by atoms with Gasteiger partial charge in [-0.1, -0.05) is 42.5 Å². The fourth-order valence-electron chi connectivity index (χ4n) is 3.52. The second-order valence-electron chi connectivity index (χ2n) is 7.54. The summed E-state index contributed by atoms with van der Waals surface area (Å²) in [6.45, 7) is 2.21.